The molecule has 8 heteroatoms. The first kappa shape index (κ1) is 32.6. The molecule has 1 unspecified atom stereocenters. The van der Waals surface area contributed by atoms with Gasteiger partial charge in [0.2, 0.25) is 0 Å². The van der Waals surface area contributed by atoms with Crippen LogP contribution in [0.5, 0.6) is 0 Å². The standard InChI is InChI=1S/C35H54N2O5S/c1-7-25-27-20-23(38)12-15-33(27,4)35(6)18-17-34(5)26(28(35)29(25)39)13-16-32(34,3)21(2)14-19-36-31(42)37-43-24-10-8-22(9-11-24)30(40)41/h8-11,21,23,25-29,38-39H,7,12-20H2,1-6H3,(H,40,41)(H2,36,37,42)/t21-,23-,25-,26+,27+,28?,29-,32-,33+,34+,35+/m1/s1. The second-order valence-electron chi connectivity index (χ2n) is 15.4. The first-order valence-electron chi connectivity index (χ1n) is 16.6. The summed E-state index contributed by atoms with van der Waals surface area (Å²) in [4.78, 5) is 24.4. The Hall–Kier alpha value is -1.77. The van der Waals surface area contributed by atoms with E-state index in [1.165, 1.54) is 30.5 Å². The highest BCUT2D eigenvalue weighted by atomic mass is 32.2. The van der Waals surface area contributed by atoms with E-state index in [-0.39, 0.29) is 57.3 Å². The smallest absolute Gasteiger partial charge is 0.335 e. The highest BCUT2D eigenvalue weighted by Gasteiger charge is 2.71. The third kappa shape index (κ3) is 5.21. The highest BCUT2D eigenvalue weighted by molar-refractivity contribution is 7.98. The minimum absolute atomic E-state index is 0.0762. The molecule has 0 bridgehead atoms. The number of carboxylic acids is 1. The number of hydrogen-bond donors (Lipinski definition) is 5. The molecule has 5 N–H and O–H groups in total. The van der Waals surface area contributed by atoms with Gasteiger partial charge in [-0.1, -0.05) is 48.0 Å². The second kappa shape index (κ2) is 11.9. The number of aliphatic hydroxyl groups is 2. The molecule has 0 radical (unpaired) electrons. The number of rotatable bonds is 8. The second-order valence-corrected chi connectivity index (χ2v) is 16.3. The van der Waals surface area contributed by atoms with Crippen molar-refractivity contribution < 1.29 is 24.9 Å². The molecule has 4 saturated carbocycles. The van der Waals surface area contributed by atoms with E-state index < -0.39 is 5.97 Å². The van der Waals surface area contributed by atoms with Gasteiger partial charge < -0.3 is 20.6 Å². The predicted molar refractivity (Wildman–Crippen MR) is 171 cm³/mol. The predicted octanol–water partition coefficient (Wildman–Crippen LogP) is 7.12. The van der Waals surface area contributed by atoms with E-state index in [2.05, 4.69) is 51.6 Å². The lowest BCUT2D eigenvalue weighted by atomic mass is 9.35. The van der Waals surface area contributed by atoms with E-state index in [0.29, 0.717) is 24.3 Å². The van der Waals surface area contributed by atoms with Crippen molar-refractivity contribution in [2.24, 2.45) is 51.2 Å². The number of benzene rings is 1. The van der Waals surface area contributed by atoms with Gasteiger partial charge in [0.15, 0.2) is 0 Å². The van der Waals surface area contributed by atoms with Crippen LogP contribution in [0.25, 0.3) is 0 Å². The zero-order valence-electron chi connectivity index (χ0n) is 27.0. The van der Waals surface area contributed by atoms with Gasteiger partial charge >= 0.3 is 12.0 Å². The maximum absolute atomic E-state index is 12.5. The molecule has 43 heavy (non-hydrogen) atoms. The van der Waals surface area contributed by atoms with Gasteiger partial charge in [0.1, 0.15) is 0 Å². The van der Waals surface area contributed by atoms with Crippen LogP contribution in [0.4, 0.5) is 4.79 Å². The van der Waals surface area contributed by atoms with Gasteiger partial charge in [0.05, 0.1) is 17.8 Å². The van der Waals surface area contributed by atoms with Crippen molar-refractivity contribution in [3.8, 4) is 0 Å². The summed E-state index contributed by atoms with van der Waals surface area (Å²) in [6.07, 6.45) is 8.70. The Kier molecular flexibility index (Phi) is 9.00. The van der Waals surface area contributed by atoms with Crippen molar-refractivity contribution >= 4 is 23.9 Å². The van der Waals surface area contributed by atoms with E-state index in [4.69, 9.17) is 5.11 Å². The van der Waals surface area contributed by atoms with Crippen LogP contribution in [0.15, 0.2) is 29.2 Å². The molecule has 11 atom stereocenters. The van der Waals surface area contributed by atoms with E-state index >= 15 is 0 Å². The van der Waals surface area contributed by atoms with Crippen LogP contribution in [0.1, 0.15) is 110 Å². The van der Waals surface area contributed by atoms with E-state index in [9.17, 15) is 19.8 Å². The number of aromatic carboxylic acids is 1. The van der Waals surface area contributed by atoms with Crippen LogP contribution in [0, 0.1) is 51.2 Å². The first-order valence-corrected chi connectivity index (χ1v) is 17.4. The molecule has 0 heterocycles. The van der Waals surface area contributed by atoms with E-state index in [1.54, 1.807) is 12.1 Å². The molecule has 5 rings (SSSR count). The molecule has 0 saturated heterocycles. The van der Waals surface area contributed by atoms with Crippen LogP contribution in [-0.4, -0.2) is 46.1 Å². The number of fused-ring (bicyclic) bond motifs is 5. The summed E-state index contributed by atoms with van der Waals surface area (Å²) in [5, 5.41) is 34.9. The SMILES string of the molecule is CC[C@H]1[C@@H](O)C2[C@@H]3CC[C@](C)([C@H](C)CCNC(=O)NSc4ccc(C(=O)O)cc4)[C@@]3(C)CC[C@]2(C)[C@@]2(C)CC[C@@H](O)C[C@@H]12. The van der Waals surface area contributed by atoms with Gasteiger partial charge in [-0.05, 0) is 139 Å². The molecule has 1 aromatic rings. The van der Waals surface area contributed by atoms with Crippen LogP contribution in [0.2, 0.25) is 0 Å². The molecule has 0 aromatic heterocycles. The maximum atomic E-state index is 12.5. The van der Waals surface area contributed by atoms with Gasteiger partial charge in [-0.25, -0.2) is 9.59 Å². The summed E-state index contributed by atoms with van der Waals surface area (Å²) < 4.78 is 2.81. The zero-order chi connectivity index (χ0) is 31.4. The molecule has 0 aliphatic heterocycles. The summed E-state index contributed by atoms with van der Waals surface area (Å²) in [5.74, 6) is 0.843. The van der Waals surface area contributed by atoms with Gasteiger partial charge in [0.25, 0.3) is 0 Å². The van der Waals surface area contributed by atoms with Gasteiger partial charge in [0, 0.05) is 11.4 Å². The Bertz CT molecular complexity index is 1200. The number of carboxylic acid groups (broad SMARTS) is 1. The average Bonchev–Trinajstić information content (AvgIpc) is 3.25. The largest absolute Gasteiger partial charge is 0.478 e. The quantitative estimate of drug-likeness (QED) is 0.199. The molecule has 7 nitrogen and oxygen atoms in total. The zero-order valence-corrected chi connectivity index (χ0v) is 27.8. The minimum atomic E-state index is -0.970. The molecule has 0 spiro atoms. The lowest BCUT2D eigenvalue weighted by Gasteiger charge is -2.70. The number of hydrogen-bond acceptors (Lipinski definition) is 5. The normalized spacial score (nSPS) is 42.7. The summed E-state index contributed by atoms with van der Waals surface area (Å²) >= 11 is 1.17. The van der Waals surface area contributed by atoms with Crippen LogP contribution >= 0.6 is 11.9 Å². The molecule has 4 aliphatic rings. The third-order valence-electron chi connectivity index (χ3n) is 14.2. The molecular weight excluding hydrogens is 560 g/mol. The topological polar surface area (TPSA) is 119 Å². The van der Waals surface area contributed by atoms with Crippen molar-refractivity contribution in [3.63, 3.8) is 0 Å². The Balaban J connectivity index is 1.23. The number of aliphatic hydroxyl groups excluding tert-OH is 2. The molecule has 4 aliphatic carbocycles. The van der Waals surface area contributed by atoms with E-state index in [1.807, 2.05) is 0 Å². The number of carbonyl (C=O) groups is 2. The average molecular weight is 615 g/mol. The van der Waals surface area contributed by atoms with Crippen molar-refractivity contribution in [2.45, 2.75) is 116 Å². The molecule has 1 aromatic carbocycles. The molecule has 4 fully saturated rings. The van der Waals surface area contributed by atoms with Crippen molar-refractivity contribution in [1.29, 1.82) is 0 Å². The Labute approximate surface area is 262 Å². The number of urea groups is 1. The minimum Gasteiger partial charge on any atom is -0.478 e. The van der Waals surface area contributed by atoms with Crippen molar-refractivity contribution in [1.82, 2.24) is 10.0 Å². The van der Waals surface area contributed by atoms with Gasteiger partial charge in [-0.3, -0.25) is 4.72 Å². The first-order chi connectivity index (χ1) is 20.2. The lowest BCUT2D eigenvalue weighted by Crippen LogP contribution is -2.67. The fourth-order valence-corrected chi connectivity index (χ4v) is 11.5. The lowest BCUT2D eigenvalue weighted by molar-refractivity contribution is -0.253. The number of amides is 2. The Morgan fingerprint density at radius 3 is 2.28 bits per heavy atom. The third-order valence-corrected chi connectivity index (χ3v) is 15.0. The van der Waals surface area contributed by atoms with Crippen LogP contribution in [-0.2, 0) is 0 Å². The summed E-state index contributed by atoms with van der Waals surface area (Å²) in [7, 11) is 0. The summed E-state index contributed by atoms with van der Waals surface area (Å²) in [5.41, 5.74) is 0.702. The Morgan fingerprint density at radius 1 is 0.953 bits per heavy atom. The van der Waals surface area contributed by atoms with Crippen molar-refractivity contribution in [3.05, 3.63) is 29.8 Å². The summed E-state index contributed by atoms with van der Waals surface area (Å²) in [6.45, 7) is 15.2. The van der Waals surface area contributed by atoms with E-state index in [0.717, 1.165) is 56.3 Å². The van der Waals surface area contributed by atoms with Crippen molar-refractivity contribution in [2.75, 3.05) is 6.54 Å². The fraction of sp³-hybridized carbons (Fsp3) is 0.771. The maximum Gasteiger partial charge on any atom is 0.335 e. The fourth-order valence-electron chi connectivity index (χ4n) is 11.0. The Morgan fingerprint density at radius 2 is 1.63 bits per heavy atom. The van der Waals surface area contributed by atoms with Gasteiger partial charge in [-0.2, -0.15) is 0 Å². The molecule has 240 valence electrons. The van der Waals surface area contributed by atoms with Crippen LogP contribution < -0.4 is 10.0 Å². The summed E-state index contributed by atoms with van der Waals surface area (Å²) in [6, 6.07) is 6.19. The molecular formula is C35H54N2O5S. The molecule has 2 amide bonds. The highest BCUT2D eigenvalue weighted by Crippen LogP contribution is 2.76. The van der Waals surface area contributed by atoms with Crippen LogP contribution in [0.3, 0.4) is 0 Å². The number of nitrogens with one attached hydrogen (secondary N) is 2. The number of carbonyl (C=O) groups excluding carboxylic acids is 1. The van der Waals surface area contributed by atoms with Gasteiger partial charge in [-0.15, -0.1) is 0 Å². The monoisotopic (exact) mass is 614 g/mol.